The average molecular weight is 468 g/mol. The highest BCUT2D eigenvalue weighted by atomic mass is 16.5. The molecule has 184 valence electrons. The van der Waals surface area contributed by atoms with Crippen LogP contribution < -0.4 is 25.0 Å². The highest BCUT2D eigenvalue weighted by Crippen LogP contribution is 2.38. The largest absolute Gasteiger partial charge is 0.494 e. The van der Waals surface area contributed by atoms with Gasteiger partial charge in [0.25, 0.3) is 0 Å². The van der Waals surface area contributed by atoms with Crippen molar-refractivity contribution in [2.45, 2.75) is 53.9 Å². The Kier molecular flexibility index (Phi) is 8.42. The number of carbonyl (C=O) groups excluding carboxylic acids is 2. The Morgan fingerprint density at radius 1 is 1.12 bits per heavy atom. The van der Waals surface area contributed by atoms with Crippen molar-refractivity contribution in [3.05, 3.63) is 42.5 Å². The lowest BCUT2D eigenvalue weighted by Gasteiger charge is -2.28. The van der Waals surface area contributed by atoms with Gasteiger partial charge in [-0.1, -0.05) is 27.2 Å². The van der Waals surface area contributed by atoms with E-state index in [0.717, 1.165) is 30.7 Å². The summed E-state index contributed by atoms with van der Waals surface area (Å²) in [5, 5.41) is 5.68. The van der Waals surface area contributed by atoms with E-state index in [2.05, 4.69) is 31.4 Å². The predicted octanol–water partition coefficient (Wildman–Crippen LogP) is 6.31. The Balaban J connectivity index is 1.68. The molecule has 0 saturated heterocycles. The highest BCUT2D eigenvalue weighted by molar-refractivity contribution is 6.02. The van der Waals surface area contributed by atoms with Crippen molar-refractivity contribution in [2.24, 2.45) is 11.3 Å². The minimum Gasteiger partial charge on any atom is -0.494 e. The fourth-order valence-corrected chi connectivity index (χ4v) is 3.60. The molecule has 1 aliphatic rings. The molecule has 34 heavy (non-hydrogen) atoms. The van der Waals surface area contributed by atoms with Crippen molar-refractivity contribution in [2.75, 3.05) is 35.3 Å². The molecule has 2 aromatic rings. The first-order chi connectivity index (χ1) is 16.2. The third kappa shape index (κ3) is 6.65. The third-order valence-corrected chi connectivity index (χ3v) is 5.73. The lowest BCUT2D eigenvalue weighted by molar-refractivity contribution is -0.127. The van der Waals surface area contributed by atoms with E-state index in [-0.39, 0.29) is 18.5 Å². The second-order valence-electron chi connectivity index (χ2n) is 9.80. The van der Waals surface area contributed by atoms with Gasteiger partial charge in [-0.15, -0.1) is 0 Å². The van der Waals surface area contributed by atoms with Crippen molar-refractivity contribution < 1.29 is 19.1 Å². The molecule has 3 amide bonds. The second kappa shape index (κ2) is 11.3. The number of benzene rings is 2. The van der Waals surface area contributed by atoms with Gasteiger partial charge in [0.1, 0.15) is 18.1 Å². The molecule has 2 N–H and O–H groups in total. The van der Waals surface area contributed by atoms with E-state index in [9.17, 15) is 9.59 Å². The van der Waals surface area contributed by atoms with E-state index in [4.69, 9.17) is 9.47 Å². The zero-order valence-electron chi connectivity index (χ0n) is 20.9. The minimum atomic E-state index is -0.632. The number of hydrogen-bond acceptors (Lipinski definition) is 4. The van der Waals surface area contributed by atoms with Gasteiger partial charge in [0, 0.05) is 24.0 Å². The van der Waals surface area contributed by atoms with Crippen molar-refractivity contribution in [1.29, 1.82) is 0 Å². The predicted molar refractivity (Wildman–Crippen MR) is 137 cm³/mol. The molecule has 0 atom stereocenters. The summed E-state index contributed by atoms with van der Waals surface area (Å²) in [5.41, 5.74) is 1.36. The molecule has 1 heterocycles. The number of nitrogens with one attached hydrogen (secondary N) is 2. The van der Waals surface area contributed by atoms with Crippen LogP contribution >= 0.6 is 0 Å². The first-order valence-electron chi connectivity index (χ1n) is 12.1. The van der Waals surface area contributed by atoms with E-state index >= 15 is 0 Å². The fourth-order valence-electron chi connectivity index (χ4n) is 3.60. The van der Waals surface area contributed by atoms with Crippen LogP contribution in [0.2, 0.25) is 0 Å². The van der Waals surface area contributed by atoms with Crippen molar-refractivity contribution in [1.82, 2.24) is 0 Å². The summed E-state index contributed by atoms with van der Waals surface area (Å²) in [7, 11) is 0. The summed E-state index contributed by atoms with van der Waals surface area (Å²) in [5.74, 6) is 1.90. The number of unbranched alkanes of at least 4 members (excludes halogenated alkanes) is 1. The monoisotopic (exact) mass is 467 g/mol. The van der Waals surface area contributed by atoms with Gasteiger partial charge in [0.2, 0.25) is 5.91 Å². The van der Waals surface area contributed by atoms with Gasteiger partial charge >= 0.3 is 6.03 Å². The summed E-state index contributed by atoms with van der Waals surface area (Å²) >= 11 is 0. The highest BCUT2D eigenvalue weighted by Gasteiger charge is 2.37. The minimum absolute atomic E-state index is 0.0486. The van der Waals surface area contributed by atoms with Crippen LogP contribution in [-0.4, -0.2) is 31.7 Å². The molecular formula is C27H37N3O4. The molecule has 0 fully saturated rings. The Morgan fingerprint density at radius 2 is 1.79 bits per heavy atom. The number of fused-ring (bicyclic) bond motifs is 1. The Labute approximate surface area is 202 Å². The molecule has 0 saturated carbocycles. The summed E-state index contributed by atoms with van der Waals surface area (Å²) in [4.78, 5) is 27.5. The van der Waals surface area contributed by atoms with Gasteiger partial charge in [-0.3, -0.25) is 4.79 Å². The van der Waals surface area contributed by atoms with Crippen LogP contribution in [0.15, 0.2) is 42.5 Å². The fraction of sp³-hybridized carbons (Fsp3) is 0.481. The number of amides is 3. The molecule has 0 aliphatic carbocycles. The standard InChI is InChI=1S/C27H37N3O4/c1-6-7-16-33-22-11-8-20(9-12-22)28-26(32)29-21-10-13-23-24(17-21)34-18-27(4,5)25(31)30(23)15-14-19(2)3/h8-13,17,19H,6-7,14-16,18H2,1-5H3,(H2,28,29,32). The van der Waals surface area contributed by atoms with E-state index < -0.39 is 5.41 Å². The van der Waals surface area contributed by atoms with Crippen molar-refractivity contribution in [3.8, 4) is 11.5 Å². The maximum Gasteiger partial charge on any atom is 0.323 e. The van der Waals surface area contributed by atoms with Gasteiger partial charge in [0.05, 0.1) is 17.7 Å². The molecule has 2 aromatic carbocycles. The van der Waals surface area contributed by atoms with E-state index in [1.54, 1.807) is 24.3 Å². The maximum absolute atomic E-state index is 13.2. The first-order valence-corrected chi connectivity index (χ1v) is 12.1. The molecule has 0 bridgehead atoms. The quantitative estimate of drug-likeness (QED) is 0.424. The van der Waals surface area contributed by atoms with Gasteiger partial charge < -0.3 is 25.0 Å². The molecule has 3 rings (SSSR count). The SMILES string of the molecule is CCCCOc1ccc(NC(=O)Nc2ccc3c(c2)OCC(C)(C)C(=O)N3CCC(C)C)cc1. The number of rotatable bonds is 9. The average Bonchev–Trinajstić information content (AvgIpc) is 2.88. The van der Waals surface area contributed by atoms with E-state index in [1.165, 1.54) is 0 Å². The molecule has 1 aliphatic heterocycles. The lowest BCUT2D eigenvalue weighted by Crippen LogP contribution is -2.42. The van der Waals surface area contributed by atoms with Gasteiger partial charge in [0.15, 0.2) is 0 Å². The number of anilines is 3. The van der Waals surface area contributed by atoms with E-state index in [0.29, 0.717) is 36.2 Å². The van der Waals surface area contributed by atoms with Crippen LogP contribution in [0.1, 0.15) is 53.9 Å². The molecule has 7 nitrogen and oxygen atoms in total. The smallest absolute Gasteiger partial charge is 0.323 e. The normalized spacial score (nSPS) is 14.8. The van der Waals surface area contributed by atoms with Crippen LogP contribution in [-0.2, 0) is 4.79 Å². The Hall–Kier alpha value is -3.22. The number of urea groups is 1. The third-order valence-electron chi connectivity index (χ3n) is 5.73. The van der Waals surface area contributed by atoms with Crippen molar-refractivity contribution in [3.63, 3.8) is 0 Å². The zero-order chi connectivity index (χ0) is 24.7. The molecule has 0 unspecified atom stereocenters. The summed E-state index contributed by atoms with van der Waals surface area (Å²) < 4.78 is 11.7. The molecular weight excluding hydrogens is 430 g/mol. The van der Waals surface area contributed by atoms with Crippen LogP contribution in [0.25, 0.3) is 0 Å². The van der Waals surface area contributed by atoms with Gasteiger partial charge in [-0.2, -0.15) is 0 Å². The summed E-state index contributed by atoms with van der Waals surface area (Å²) in [6.07, 6.45) is 2.98. The van der Waals surface area contributed by atoms with Crippen LogP contribution in [0.5, 0.6) is 11.5 Å². The van der Waals surface area contributed by atoms with Gasteiger partial charge in [-0.25, -0.2) is 4.79 Å². The van der Waals surface area contributed by atoms with Crippen LogP contribution in [0.3, 0.4) is 0 Å². The molecule has 0 aromatic heterocycles. The van der Waals surface area contributed by atoms with Gasteiger partial charge in [-0.05, 0) is 69.0 Å². The second-order valence-corrected chi connectivity index (χ2v) is 9.80. The lowest BCUT2D eigenvalue weighted by atomic mass is 9.92. The van der Waals surface area contributed by atoms with Crippen molar-refractivity contribution >= 4 is 29.0 Å². The maximum atomic E-state index is 13.2. The van der Waals surface area contributed by atoms with Crippen LogP contribution in [0.4, 0.5) is 21.9 Å². The number of nitrogens with zero attached hydrogens (tertiary/aromatic N) is 1. The number of carbonyl (C=O) groups is 2. The summed E-state index contributed by atoms with van der Waals surface area (Å²) in [6.45, 7) is 11.8. The zero-order valence-corrected chi connectivity index (χ0v) is 20.9. The molecule has 7 heteroatoms. The number of hydrogen-bond donors (Lipinski definition) is 2. The molecule has 0 radical (unpaired) electrons. The Bertz CT molecular complexity index is 986. The Morgan fingerprint density at radius 3 is 2.47 bits per heavy atom. The topological polar surface area (TPSA) is 79.9 Å². The first kappa shape index (κ1) is 25.4. The molecule has 0 spiro atoms. The van der Waals surface area contributed by atoms with Crippen LogP contribution in [0, 0.1) is 11.3 Å². The summed E-state index contributed by atoms with van der Waals surface area (Å²) in [6, 6.07) is 12.3. The number of ether oxygens (including phenoxy) is 2. The van der Waals surface area contributed by atoms with E-state index in [1.807, 2.05) is 36.9 Å².